The summed E-state index contributed by atoms with van der Waals surface area (Å²) in [6.45, 7) is 52.1. The maximum Gasteiger partial charge on any atom is 0.281 e. The Morgan fingerprint density at radius 3 is 0.409 bits per heavy atom. The quantitative estimate of drug-likeness (QED) is 0.103. The van der Waals surface area contributed by atoms with E-state index in [1.54, 1.807) is 0 Å². The molecule has 0 bridgehead atoms. The van der Waals surface area contributed by atoms with Crippen LogP contribution in [0.1, 0.15) is 182 Å². The zero-order chi connectivity index (χ0) is 35.3. The molecule has 0 aliphatic rings. The van der Waals surface area contributed by atoms with Gasteiger partial charge in [-0.3, -0.25) is 9.59 Å². The van der Waals surface area contributed by atoms with Crippen molar-refractivity contribution in [2.75, 3.05) is 0 Å². The van der Waals surface area contributed by atoms with Crippen molar-refractivity contribution < 1.29 is 29.1 Å². The topological polar surface area (TPSA) is 34.1 Å². The Kier molecular flexibility index (Phi) is 50.6. The van der Waals surface area contributed by atoms with Crippen LogP contribution >= 0.6 is 23.8 Å². The van der Waals surface area contributed by atoms with Crippen LogP contribution in [-0.2, 0) is 29.1 Å². The van der Waals surface area contributed by atoms with Crippen LogP contribution in [0.15, 0.2) is 0 Å². The average molecular weight is 764 g/mol. The first-order valence-electron chi connectivity index (χ1n) is 18.0. The molecule has 9 unspecified atom stereocenters. The summed E-state index contributed by atoms with van der Waals surface area (Å²) in [6.07, 6.45) is 12.3. The van der Waals surface area contributed by atoms with E-state index in [9.17, 15) is 0 Å². The minimum atomic E-state index is 0. The van der Waals surface area contributed by atoms with E-state index >= 15 is 0 Å². The first-order valence-corrected chi connectivity index (χ1v) is 22.6. The van der Waals surface area contributed by atoms with Gasteiger partial charge in [0.2, 0.25) is 0 Å². The molecule has 9 atom stereocenters. The maximum atomic E-state index is 7.50. The predicted molar refractivity (Wildman–Crippen MR) is 210 cm³/mol. The molecule has 4 radical (unpaired) electrons. The van der Waals surface area contributed by atoms with Crippen molar-refractivity contribution in [2.24, 2.45) is 0 Å². The molecule has 0 aromatic rings. The summed E-state index contributed by atoms with van der Waals surface area (Å²) in [5.74, 6) is 0. The third-order valence-corrected chi connectivity index (χ3v) is 22.3. The van der Waals surface area contributed by atoms with Gasteiger partial charge in [0.25, 0.3) is 13.6 Å². The molecule has 268 valence electrons. The third-order valence-electron chi connectivity index (χ3n) is 9.90. The molecule has 0 rings (SSSR count). The molecule has 44 heavy (non-hydrogen) atoms. The molecule has 0 amide bonds. The van der Waals surface area contributed by atoms with Crippen LogP contribution in [-0.4, -0.2) is 64.5 Å². The molecule has 0 saturated heterocycles. The molecule has 6 heteroatoms. The number of carbonyl (C=O) groups excluding carboxylic acids is 2. The third kappa shape index (κ3) is 25.3. The normalized spacial score (nSPS) is 18.6. The van der Waals surface area contributed by atoms with Gasteiger partial charge in [-0.2, -0.15) is 0 Å². The van der Waals surface area contributed by atoms with Gasteiger partial charge in [-0.05, 0) is 109 Å². The van der Waals surface area contributed by atoms with E-state index in [1.807, 2.05) is 0 Å². The van der Waals surface area contributed by atoms with Crippen LogP contribution in [0.3, 0.4) is 0 Å². The van der Waals surface area contributed by atoms with Gasteiger partial charge in [0.1, 0.15) is 0 Å². The standard InChI is InChI=1S/3C12H27P.2CO.Ru/c3*1-7-10(4)13(11(5)8-2)12(6)9-3;2*1-2;/h3*10-12H,7-9H2,1-6H3;;;. The van der Waals surface area contributed by atoms with Crippen LogP contribution in [0.5, 0.6) is 0 Å². The number of hydrogen-bond acceptors (Lipinski definition) is 2. The van der Waals surface area contributed by atoms with Crippen LogP contribution < -0.4 is 0 Å². The Morgan fingerprint density at radius 2 is 0.364 bits per heavy atom. The summed E-state index contributed by atoms with van der Waals surface area (Å²) in [6, 6.07) is 0. The van der Waals surface area contributed by atoms with Crippen molar-refractivity contribution in [3.05, 3.63) is 0 Å². The van der Waals surface area contributed by atoms with Gasteiger partial charge in [-0.25, -0.2) is 0 Å². The average Bonchev–Trinajstić information content (AvgIpc) is 3.05. The molecule has 2 nitrogen and oxygen atoms in total. The molecule has 0 aliphatic heterocycles. The zero-order valence-electron chi connectivity index (χ0n) is 33.1. The fraction of sp³-hybridized carbons (Fsp3) is 0.947. The van der Waals surface area contributed by atoms with Gasteiger partial charge in [0.05, 0.1) is 0 Å². The Labute approximate surface area is 298 Å². The number of rotatable bonds is 18. The van der Waals surface area contributed by atoms with E-state index in [1.165, 1.54) is 57.8 Å². The Bertz CT molecular complexity index is 412. The van der Waals surface area contributed by atoms with Crippen molar-refractivity contribution in [3.8, 4) is 0 Å². The summed E-state index contributed by atoms with van der Waals surface area (Å²) in [4.78, 5) is 15.0. The van der Waals surface area contributed by atoms with Crippen molar-refractivity contribution in [1.29, 1.82) is 0 Å². The molecular formula is C38H81O2P3Ru. The van der Waals surface area contributed by atoms with Crippen LogP contribution in [0.2, 0.25) is 0 Å². The summed E-state index contributed by atoms with van der Waals surface area (Å²) in [7, 11) is 0.766. The van der Waals surface area contributed by atoms with Gasteiger partial charge in [0, 0.05) is 19.5 Å². The van der Waals surface area contributed by atoms with E-state index < -0.39 is 0 Å². The second-order valence-electron chi connectivity index (χ2n) is 12.7. The molecule has 0 heterocycles. The van der Waals surface area contributed by atoms with Gasteiger partial charge in [-0.15, -0.1) is 0 Å². The fourth-order valence-corrected chi connectivity index (χ4v) is 17.4. The smallest absolute Gasteiger partial charge is 0.281 e. The predicted octanol–water partition coefficient (Wildman–Crippen LogP) is 13.8. The second-order valence-corrected chi connectivity index (χ2v) is 23.3. The minimum absolute atomic E-state index is 0. The van der Waals surface area contributed by atoms with Crippen LogP contribution in [0, 0.1) is 0 Å². The van der Waals surface area contributed by atoms with E-state index in [-0.39, 0.29) is 43.2 Å². The molecule has 0 N–H and O–H groups in total. The Balaban J connectivity index is -0.000000115. The molecule has 0 aromatic carbocycles. The van der Waals surface area contributed by atoms with E-state index in [0.29, 0.717) is 0 Å². The zero-order valence-corrected chi connectivity index (χ0v) is 37.5. The SMILES string of the molecule is CCC(C)P(C(C)CC)C(C)CC.CCC(C)P(C(C)CC)C(C)CC.CCC(C)P(C(C)CC)C(C)CC.[C]=O.[C]=O.[Ru]. The monoisotopic (exact) mass is 764 g/mol. The largest absolute Gasteiger partial charge is 0.281 e. The molecule has 0 aromatic heterocycles. The van der Waals surface area contributed by atoms with Crippen molar-refractivity contribution in [3.63, 3.8) is 0 Å². The summed E-state index contributed by atoms with van der Waals surface area (Å²) in [5.41, 5.74) is 8.62. The molecular weight excluding hydrogens is 682 g/mol. The number of hydrogen-bond donors (Lipinski definition) is 0. The second kappa shape index (κ2) is 38.7. The molecule has 0 saturated carbocycles. The van der Waals surface area contributed by atoms with Crippen molar-refractivity contribution >= 4 is 37.3 Å². The Morgan fingerprint density at radius 1 is 0.295 bits per heavy atom. The first-order chi connectivity index (χ1) is 20.2. The summed E-state index contributed by atoms with van der Waals surface area (Å²) < 4.78 is 0. The summed E-state index contributed by atoms with van der Waals surface area (Å²) >= 11 is 0. The maximum absolute atomic E-state index is 7.50. The molecule has 0 spiro atoms. The van der Waals surface area contributed by atoms with Gasteiger partial charge in [-0.1, -0.05) is 148 Å². The Hall–Kier alpha value is 1.25. The fourth-order valence-electron chi connectivity index (χ4n) is 5.81. The van der Waals surface area contributed by atoms with Crippen LogP contribution in [0.4, 0.5) is 0 Å². The summed E-state index contributed by atoms with van der Waals surface area (Å²) in [5, 5.41) is 0. The van der Waals surface area contributed by atoms with E-state index in [4.69, 9.17) is 9.59 Å². The molecule has 0 fully saturated rings. The van der Waals surface area contributed by atoms with Crippen molar-refractivity contribution in [1.82, 2.24) is 0 Å². The minimum Gasteiger partial charge on any atom is -0.281 e. The van der Waals surface area contributed by atoms with Crippen LogP contribution in [0.25, 0.3) is 0 Å². The van der Waals surface area contributed by atoms with E-state index in [0.717, 1.165) is 50.9 Å². The van der Waals surface area contributed by atoms with Gasteiger partial charge < -0.3 is 0 Å². The molecule has 0 aliphatic carbocycles. The van der Waals surface area contributed by atoms with Crippen molar-refractivity contribution in [2.45, 2.75) is 233 Å². The van der Waals surface area contributed by atoms with Gasteiger partial charge >= 0.3 is 0 Å². The van der Waals surface area contributed by atoms with Gasteiger partial charge in [0.15, 0.2) is 0 Å². The first kappa shape index (κ1) is 57.5. The van der Waals surface area contributed by atoms with E-state index in [2.05, 4.69) is 138 Å².